The summed E-state index contributed by atoms with van der Waals surface area (Å²) in [6.45, 7) is 0. The maximum absolute atomic E-state index is 11.1. The zero-order valence-electron chi connectivity index (χ0n) is 14.0. The standard InChI is InChI=1S/C21H22O4/c1-25-19-12-6-16(7-13-19)21(24)20(14-2-8-17(22)9-3-14)15-4-10-18(23)11-5-15/h2-12,19-24H,13H2,1H3. The zero-order valence-corrected chi connectivity index (χ0v) is 14.0. The highest BCUT2D eigenvalue weighted by atomic mass is 16.5. The van der Waals surface area contributed by atoms with Crippen molar-refractivity contribution in [3.63, 3.8) is 0 Å². The molecule has 4 heteroatoms. The van der Waals surface area contributed by atoms with Gasteiger partial charge in [0.25, 0.3) is 0 Å². The first-order valence-corrected chi connectivity index (χ1v) is 8.25. The predicted molar refractivity (Wildman–Crippen MR) is 96.7 cm³/mol. The van der Waals surface area contributed by atoms with Gasteiger partial charge in [0.1, 0.15) is 11.5 Å². The average Bonchev–Trinajstić information content (AvgIpc) is 2.65. The number of hydrogen-bond donors (Lipinski definition) is 3. The Morgan fingerprint density at radius 1 is 0.920 bits per heavy atom. The Morgan fingerprint density at radius 3 is 1.84 bits per heavy atom. The number of aliphatic hydroxyl groups excluding tert-OH is 1. The number of methoxy groups -OCH3 is 1. The fourth-order valence-corrected chi connectivity index (χ4v) is 3.12. The van der Waals surface area contributed by atoms with Gasteiger partial charge < -0.3 is 20.1 Å². The summed E-state index contributed by atoms with van der Waals surface area (Å²) in [5.41, 5.74) is 2.61. The zero-order chi connectivity index (χ0) is 17.8. The maximum atomic E-state index is 11.1. The molecule has 0 saturated carbocycles. The first kappa shape index (κ1) is 17.3. The Bertz CT molecular complexity index is 714. The Kier molecular flexibility index (Phi) is 5.22. The average molecular weight is 338 g/mol. The van der Waals surface area contributed by atoms with Crippen molar-refractivity contribution in [2.45, 2.75) is 24.5 Å². The molecule has 0 aliphatic heterocycles. The second-order valence-corrected chi connectivity index (χ2v) is 6.18. The van der Waals surface area contributed by atoms with Gasteiger partial charge in [0.15, 0.2) is 0 Å². The molecule has 3 N–H and O–H groups in total. The van der Waals surface area contributed by atoms with Crippen molar-refractivity contribution in [1.82, 2.24) is 0 Å². The van der Waals surface area contributed by atoms with Crippen LogP contribution in [0.3, 0.4) is 0 Å². The number of phenolic OH excluding ortho intramolecular Hbond substituents is 2. The Morgan fingerprint density at radius 2 is 1.44 bits per heavy atom. The second-order valence-electron chi connectivity index (χ2n) is 6.18. The SMILES string of the molecule is COC1C=CC(C(O)C(c2ccc(O)cc2)c2ccc(O)cc2)=CC1. The van der Waals surface area contributed by atoms with Crippen molar-refractivity contribution in [1.29, 1.82) is 0 Å². The Hall–Kier alpha value is -2.56. The lowest BCUT2D eigenvalue weighted by molar-refractivity contribution is 0.140. The summed E-state index contributed by atoms with van der Waals surface area (Å²) in [4.78, 5) is 0. The fraction of sp³-hybridized carbons (Fsp3) is 0.238. The van der Waals surface area contributed by atoms with Crippen LogP contribution in [-0.4, -0.2) is 34.6 Å². The van der Waals surface area contributed by atoms with E-state index >= 15 is 0 Å². The van der Waals surface area contributed by atoms with Crippen molar-refractivity contribution in [3.05, 3.63) is 83.5 Å². The van der Waals surface area contributed by atoms with Gasteiger partial charge in [-0.1, -0.05) is 42.5 Å². The number of rotatable bonds is 5. The minimum absolute atomic E-state index is 0.0387. The molecule has 4 nitrogen and oxygen atoms in total. The molecule has 2 aromatic carbocycles. The molecule has 0 spiro atoms. The molecule has 130 valence electrons. The maximum Gasteiger partial charge on any atom is 0.115 e. The summed E-state index contributed by atoms with van der Waals surface area (Å²) < 4.78 is 5.31. The highest BCUT2D eigenvalue weighted by Crippen LogP contribution is 2.34. The predicted octanol–water partition coefficient (Wildman–Crippen LogP) is 3.49. The van der Waals surface area contributed by atoms with E-state index in [0.29, 0.717) is 0 Å². The van der Waals surface area contributed by atoms with E-state index in [0.717, 1.165) is 23.1 Å². The second kappa shape index (κ2) is 7.55. The molecule has 0 heterocycles. The lowest BCUT2D eigenvalue weighted by Crippen LogP contribution is -2.23. The topological polar surface area (TPSA) is 69.9 Å². The van der Waals surface area contributed by atoms with E-state index in [1.165, 1.54) is 0 Å². The van der Waals surface area contributed by atoms with Gasteiger partial charge in [-0.3, -0.25) is 0 Å². The Balaban J connectivity index is 1.96. The van der Waals surface area contributed by atoms with Crippen LogP contribution in [0.4, 0.5) is 0 Å². The van der Waals surface area contributed by atoms with Gasteiger partial charge in [-0.2, -0.15) is 0 Å². The third-order valence-electron chi connectivity index (χ3n) is 4.55. The normalized spacial score (nSPS) is 18.2. The minimum atomic E-state index is -0.747. The summed E-state index contributed by atoms with van der Waals surface area (Å²) >= 11 is 0. The van der Waals surface area contributed by atoms with E-state index in [1.807, 2.05) is 18.2 Å². The minimum Gasteiger partial charge on any atom is -0.508 e. The van der Waals surface area contributed by atoms with Crippen LogP contribution >= 0.6 is 0 Å². The van der Waals surface area contributed by atoms with Gasteiger partial charge in [0.05, 0.1) is 12.2 Å². The van der Waals surface area contributed by atoms with Crippen LogP contribution in [0.15, 0.2) is 72.3 Å². The molecule has 2 atom stereocenters. The molecule has 1 aliphatic rings. The van der Waals surface area contributed by atoms with Gasteiger partial charge in [-0.25, -0.2) is 0 Å². The van der Waals surface area contributed by atoms with Crippen molar-refractivity contribution < 1.29 is 20.1 Å². The lowest BCUT2D eigenvalue weighted by Gasteiger charge is -2.27. The summed E-state index contributed by atoms with van der Waals surface area (Å²) in [6.07, 6.45) is 5.85. The van der Waals surface area contributed by atoms with E-state index in [-0.39, 0.29) is 23.5 Å². The number of aromatic hydroxyl groups is 2. The molecule has 25 heavy (non-hydrogen) atoms. The number of hydrogen-bond acceptors (Lipinski definition) is 4. The summed E-state index contributed by atoms with van der Waals surface area (Å²) in [5.74, 6) is 0.0565. The summed E-state index contributed by atoms with van der Waals surface area (Å²) in [5, 5.41) is 30.2. The monoisotopic (exact) mass is 338 g/mol. The largest absolute Gasteiger partial charge is 0.508 e. The van der Waals surface area contributed by atoms with Gasteiger partial charge >= 0.3 is 0 Å². The Labute approximate surface area is 147 Å². The molecule has 1 aliphatic carbocycles. The van der Waals surface area contributed by atoms with Crippen LogP contribution in [0, 0.1) is 0 Å². The van der Waals surface area contributed by atoms with Crippen LogP contribution in [-0.2, 0) is 4.74 Å². The van der Waals surface area contributed by atoms with Crippen LogP contribution in [0.2, 0.25) is 0 Å². The van der Waals surface area contributed by atoms with Crippen molar-refractivity contribution in [2.24, 2.45) is 0 Å². The number of benzene rings is 2. The first-order chi connectivity index (χ1) is 12.1. The van der Waals surface area contributed by atoms with Crippen molar-refractivity contribution in [2.75, 3.05) is 7.11 Å². The van der Waals surface area contributed by atoms with E-state index in [1.54, 1.807) is 55.6 Å². The third kappa shape index (κ3) is 3.92. The molecule has 0 amide bonds. The quantitative estimate of drug-likeness (QED) is 0.780. The molecular weight excluding hydrogens is 316 g/mol. The third-order valence-corrected chi connectivity index (χ3v) is 4.55. The highest BCUT2D eigenvalue weighted by molar-refractivity contribution is 5.43. The van der Waals surface area contributed by atoms with E-state index in [9.17, 15) is 15.3 Å². The molecule has 0 radical (unpaired) electrons. The molecule has 2 aromatic rings. The summed E-state index contributed by atoms with van der Waals surface area (Å²) in [7, 11) is 1.67. The molecule has 3 rings (SSSR count). The van der Waals surface area contributed by atoms with E-state index in [4.69, 9.17) is 4.74 Å². The molecule has 0 aromatic heterocycles. The van der Waals surface area contributed by atoms with Gasteiger partial charge in [0.2, 0.25) is 0 Å². The summed E-state index contributed by atoms with van der Waals surface area (Å²) in [6, 6.07) is 13.7. The smallest absolute Gasteiger partial charge is 0.115 e. The van der Waals surface area contributed by atoms with Crippen LogP contribution < -0.4 is 0 Å². The molecule has 0 saturated heterocycles. The first-order valence-electron chi connectivity index (χ1n) is 8.25. The van der Waals surface area contributed by atoms with Crippen LogP contribution in [0.5, 0.6) is 11.5 Å². The molecule has 0 fully saturated rings. The van der Waals surface area contributed by atoms with E-state index < -0.39 is 6.10 Å². The fourth-order valence-electron chi connectivity index (χ4n) is 3.12. The van der Waals surface area contributed by atoms with Crippen LogP contribution in [0.25, 0.3) is 0 Å². The molecular formula is C21H22O4. The van der Waals surface area contributed by atoms with Crippen LogP contribution in [0.1, 0.15) is 23.5 Å². The lowest BCUT2D eigenvalue weighted by atomic mass is 9.82. The highest BCUT2D eigenvalue weighted by Gasteiger charge is 2.26. The number of ether oxygens (including phenoxy) is 1. The van der Waals surface area contributed by atoms with Crippen molar-refractivity contribution >= 4 is 0 Å². The van der Waals surface area contributed by atoms with Gasteiger partial charge in [-0.15, -0.1) is 0 Å². The van der Waals surface area contributed by atoms with Gasteiger partial charge in [0, 0.05) is 13.0 Å². The number of aliphatic hydroxyl groups is 1. The van der Waals surface area contributed by atoms with Gasteiger partial charge in [-0.05, 0) is 47.4 Å². The number of phenols is 2. The molecule has 2 unspecified atom stereocenters. The van der Waals surface area contributed by atoms with Crippen molar-refractivity contribution in [3.8, 4) is 11.5 Å². The van der Waals surface area contributed by atoms with E-state index in [2.05, 4.69) is 0 Å². The molecule has 0 bridgehead atoms.